The van der Waals surface area contributed by atoms with Gasteiger partial charge in [0.1, 0.15) is 0 Å². The summed E-state index contributed by atoms with van der Waals surface area (Å²) in [5.41, 5.74) is 14.5. The summed E-state index contributed by atoms with van der Waals surface area (Å²) in [5, 5.41) is 10.8. The van der Waals surface area contributed by atoms with Gasteiger partial charge in [-0.05, 0) is 102 Å². The third kappa shape index (κ3) is 3.33. The van der Waals surface area contributed by atoms with E-state index in [0.29, 0.717) is 0 Å². The van der Waals surface area contributed by atoms with Gasteiger partial charge in [0.15, 0.2) is 0 Å². The van der Waals surface area contributed by atoms with Gasteiger partial charge in [0.05, 0.1) is 11.0 Å². The van der Waals surface area contributed by atoms with Crippen LogP contribution in [0.15, 0.2) is 146 Å². The lowest BCUT2D eigenvalue weighted by Gasteiger charge is -2.19. The van der Waals surface area contributed by atoms with Crippen molar-refractivity contribution in [2.45, 2.75) is 12.8 Å². The Hall–Kier alpha value is -5.92. The minimum atomic E-state index is 1.07. The van der Waals surface area contributed by atoms with E-state index in [2.05, 4.69) is 156 Å². The Kier molecular flexibility index (Phi) is 5.01. The molecule has 2 aliphatic rings. The van der Waals surface area contributed by atoms with E-state index in [1.54, 1.807) is 0 Å². The third-order valence-corrected chi connectivity index (χ3v) is 10.8. The molecule has 47 heavy (non-hydrogen) atoms. The number of benzene rings is 8. The molecule has 0 unspecified atom stereocenters. The van der Waals surface area contributed by atoms with Gasteiger partial charge in [-0.2, -0.15) is 0 Å². The van der Waals surface area contributed by atoms with Gasteiger partial charge in [-0.15, -0.1) is 0 Å². The number of hydrogen-bond donors (Lipinski definition) is 0. The average molecular weight is 596 g/mol. The molecule has 0 atom stereocenters. The molecule has 0 saturated carbocycles. The van der Waals surface area contributed by atoms with Crippen LogP contribution in [0.1, 0.15) is 17.5 Å². The molecule has 9 aromatic rings. The second-order valence-corrected chi connectivity index (χ2v) is 13.1. The van der Waals surface area contributed by atoms with Crippen molar-refractivity contribution in [3.05, 3.63) is 157 Å². The van der Waals surface area contributed by atoms with Crippen LogP contribution >= 0.6 is 0 Å². The van der Waals surface area contributed by atoms with Crippen LogP contribution in [-0.4, -0.2) is 4.57 Å². The number of para-hydroxylation sites is 1. The first kappa shape index (κ1) is 25.3. The zero-order valence-electron chi connectivity index (χ0n) is 25.8. The van der Waals surface area contributed by atoms with E-state index < -0.39 is 0 Å². The monoisotopic (exact) mass is 595 g/mol. The molecule has 11 rings (SSSR count). The summed E-state index contributed by atoms with van der Waals surface area (Å²) in [6, 6.07) is 52.0. The van der Waals surface area contributed by atoms with Crippen LogP contribution in [0, 0.1) is 0 Å². The molecular formula is C46H29N. The van der Waals surface area contributed by atoms with E-state index in [4.69, 9.17) is 0 Å². The van der Waals surface area contributed by atoms with Gasteiger partial charge >= 0.3 is 0 Å². The Balaban J connectivity index is 1.17. The van der Waals surface area contributed by atoms with Crippen molar-refractivity contribution in [1.82, 2.24) is 4.57 Å². The Morgan fingerprint density at radius 3 is 2.02 bits per heavy atom. The van der Waals surface area contributed by atoms with E-state index in [-0.39, 0.29) is 0 Å². The van der Waals surface area contributed by atoms with Gasteiger partial charge in [-0.3, -0.25) is 0 Å². The number of allylic oxidation sites excluding steroid dienone is 1. The molecule has 8 aromatic carbocycles. The maximum Gasteiger partial charge on any atom is 0.0625 e. The van der Waals surface area contributed by atoms with Crippen LogP contribution in [0.3, 0.4) is 0 Å². The third-order valence-electron chi connectivity index (χ3n) is 10.8. The number of aromatic nitrogens is 1. The van der Waals surface area contributed by atoms with E-state index in [1.165, 1.54) is 104 Å². The fourth-order valence-corrected chi connectivity index (χ4v) is 8.84. The van der Waals surface area contributed by atoms with Crippen LogP contribution in [0.2, 0.25) is 0 Å². The maximum absolute atomic E-state index is 2.51. The summed E-state index contributed by atoms with van der Waals surface area (Å²) in [6.07, 6.45) is 6.90. The lowest BCUT2D eigenvalue weighted by Crippen LogP contribution is -2.00. The van der Waals surface area contributed by atoms with Crippen LogP contribution in [-0.2, 0) is 6.42 Å². The number of rotatable bonds is 2. The van der Waals surface area contributed by atoms with Gasteiger partial charge in [0.25, 0.3) is 0 Å². The van der Waals surface area contributed by atoms with Gasteiger partial charge in [0, 0.05) is 21.8 Å². The van der Waals surface area contributed by atoms with Crippen molar-refractivity contribution in [1.29, 1.82) is 0 Å². The van der Waals surface area contributed by atoms with Gasteiger partial charge < -0.3 is 4.57 Å². The van der Waals surface area contributed by atoms with Crippen molar-refractivity contribution in [2.24, 2.45) is 0 Å². The van der Waals surface area contributed by atoms with E-state index in [9.17, 15) is 0 Å². The Morgan fingerprint density at radius 1 is 0.447 bits per heavy atom. The molecule has 0 spiro atoms. The van der Waals surface area contributed by atoms with Crippen LogP contribution in [0.5, 0.6) is 0 Å². The molecule has 0 fully saturated rings. The molecule has 0 aliphatic heterocycles. The van der Waals surface area contributed by atoms with Crippen molar-refractivity contribution in [3.8, 4) is 39.1 Å². The maximum atomic E-state index is 2.51. The molecule has 0 saturated heterocycles. The zero-order valence-corrected chi connectivity index (χ0v) is 25.8. The molecule has 218 valence electrons. The van der Waals surface area contributed by atoms with Gasteiger partial charge in [-0.25, -0.2) is 0 Å². The summed E-state index contributed by atoms with van der Waals surface area (Å²) in [7, 11) is 0. The molecule has 1 aromatic heterocycles. The molecule has 1 nitrogen and oxygen atoms in total. The highest BCUT2D eigenvalue weighted by Crippen LogP contribution is 2.49. The SMILES string of the molecule is C1=Cc2c(c3c4ccccc4ccc3c3c2c2ccccc2n3-c2ccc(-c3ccc4c5c(cccc35)-c3ccccc3-4)cc2)CC1. The molecule has 0 bridgehead atoms. The highest BCUT2D eigenvalue weighted by atomic mass is 15.0. The lowest BCUT2D eigenvalue weighted by molar-refractivity contribution is 1.00. The Labute approximate surface area is 272 Å². The van der Waals surface area contributed by atoms with Crippen molar-refractivity contribution in [3.63, 3.8) is 0 Å². The topological polar surface area (TPSA) is 4.93 Å². The normalized spacial score (nSPS) is 13.3. The molecule has 1 heterocycles. The van der Waals surface area contributed by atoms with Crippen LogP contribution < -0.4 is 0 Å². The first-order valence-corrected chi connectivity index (χ1v) is 16.7. The van der Waals surface area contributed by atoms with Crippen molar-refractivity contribution in [2.75, 3.05) is 0 Å². The van der Waals surface area contributed by atoms with E-state index in [0.717, 1.165) is 12.8 Å². The number of fused-ring (bicyclic) bond motifs is 13. The molecule has 0 N–H and O–H groups in total. The first-order valence-electron chi connectivity index (χ1n) is 16.7. The highest BCUT2D eigenvalue weighted by molar-refractivity contribution is 6.27. The predicted octanol–water partition coefficient (Wildman–Crippen LogP) is 12.5. The van der Waals surface area contributed by atoms with Crippen molar-refractivity contribution < 1.29 is 0 Å². The summed E-state index contributed by atoms with van der Waals surface area (Å²) in [4.78, 5) is 0. The minimum Gasteiger partial charge on any atom is -0.309 e. The van der Waals surface area contributed by atoms with Crippen LogP contribution in [0.25, 0.3) is 99.3 Å². The number of nitrogens with zero attached hydrogens (tertiary/aromatic N) is 1. The van der Waals surface area contributed by atoms with Crippen molar-refractivity contribution >= 4 is 60.2 Å². The summed E-state index contributed by atoms with van der Waals surface area (Å²) >= 11 is 0. The largest absolute Gasteiger partial charge is 0.309 e. The van der Waals surface area contributed by atoms with Crippen LogP contribution in [0.4, 0.5) is 0 Å². The predicted molar refractivity (Wildman–Crippen MR) is 201 cm³/mol. The lowest BCUT2D eigenvalue weighted by atomic mass is 9.86. The Morgan fingerprint density at radius 2 is 1.15 bits per heavy atom. The second-order valence-electron chi connectivity index (χ2n) is 13.1. The highest BCUT2D eigenvalue weighted by Gasteiger charge is 2.24. The molecular weight excluding hydrogens is 567 g/mol. The molecule has 0 radical (unpaired) electrons. The smallest absolute Gasteiger partial charge is 0.0625 e. The summed E-state index contributed by atoms with van der Waals surface area (Å²) < 4.78 is 2.51. The molecule has 1 heteroatoms. The first-order chi connectivity index (χ1) is 23.3. The zero-order chi connectivity index (χ0) is 30.6. The molecule has 2 aliphatic carbocycles. The number of aryl methyl sites for hydroxylation is 1. The average Bonchev–Trinajstić information content (AvgIpc) is 3.66. The quantitative estimate of drug-likeness (QED) is 0.175. The fourth-order valence-electron chi connectivity index (χ4n) is 8.84. The van der Waals surface area contributed by atoms with Gasteiger partial charge in [0.2, 0.25) is 0 Å². The standard InChI is InChI=1S/C46H29N/c1-2-11-32-28(10-1)22-25-41-43(32)37-14-5-6-15-38(37)45-40-16-7-8-19-42(40)47(46(41)45)30-23-20-29(21-24-30)31-26-27-39-34-13-4-3-12-33(34)36-18-9-17-35(31)44(36)39/h1-4,6-13,15-27H,5,14H2. The fraction of sp³-hybridized carbons (Fsp3) is 0.0435. The number of hydrogen-bond acceptors (Lipinski definition) is 0. The second kappa shape index (κ2) is 9.31. The minimum absolute atomic E-state index is 1.07. The summed E-state index contributed by atoms with van der Waals surface area (Å²) in [5.74, 6) is 0. The Bertz CT molecular complexity index is 2800. The van der Waals surface area contributed by atoms with Gasteiger partial charge in [-0.1, -0.05) is 133 Å². The van der Waals surface area contributed by atoms with E-state index in [1.807, 2.05) is 0 Å². The molecule has 0 amide bonds. The summed E-state index contributed by atoms with van der Waals surface area (Å²) in [6.45, 7) is 0. The van der Waals surface area contributed by atoms with E-state index >= 15 is 0 Å².